The monoisotopic (exact) mass is 813 g/mol. The van der Waals surface area contributed by atoms with E-state index in [9.17, 15) is 0 Å². The van der Waals surface area contributed by atoms with Gasteiger partial charge in [-0.15, -0.1) is 0 Å². The van der Waals surface area contributed by atoms with E-state index in [-0.39, 0.29) is 0 Å². The topological polar surface area (TPSA) is 48.5 Å². The van der Waals surface area contributed by atoms with E-state index in [0.717, 1.165) is 38.8 Å². The van der Waals surface area contributed by atoms with Gasteiger partial charge in [0.1, 0.15) is 0 Å². The number of aromatic nitrogens is 5. The van der Waals surface area contributed by atoms with Crippen molar-refractivity contribution in [1.82, 2.24) is 24.1 Å². The van der Waals surface area contributed by atoms with Crippen molar-refractivity contribution in [3.63, 3.8) is 0 Å². The van der Waals surface area contributed by atoms with Crippen molar-refractivity contribution in [3.05, 3.63) is 212 Å². The molecule has 0 aliphatic heterocycles. The molecule has 5 nitrogen and oxygen atoms in total. The van der Waals surface area contributed by atoms with Gasteiger partial charge >= 0.3 is 0 Å². The Morgan fingerprint density at radius 2 is 0.859 bits per heavy atom. The maximum absolute atomic E-state index is 5.16. The first-order chi connectivity index (χ1) is 31.8. The lowest BCUT2D eigenvalue weighted by Crippen LogP contribution is -2.01. The van der Waals surface area contributed by atoms with Gasteiger partial charge in [0.05, 0.1) is 27.8 Å². The molecule has 64 heavy (non-hydrogen) atoms. The average molecular weight is 814 g/mol. The van der Waals surface area contributed by atoms with Gasteiger partial charge in [-0.2, -0.15) is 0 Å². The summed E-state index contributed by atoms with van der Waals surface area (Å²) in [4.78, 5) is 15.3. The van der Waals surface area contributed by atoms with Crippen molar-refractivity contribution < 1.29 is 0 Å². The van der Waals surface area contributed by atoms with Crippen LogP contribution in [0, 0.1) is 0 Å². The first kappa shape index (κ1) is 35.0. The van der Waals surface area contributed by atoms with Gasteiger partial charge in [-0.25, -0.2) is 15.0 Å². The third kappa shape index (κ3) is 4.98. The largest absolute Gasteiger partial charge is 0.309 e. The lowest BCUT2D eigenvalue weighted by atomic mass is 9.91. The molecule has 10 aromatic carbocycles. The second-order valence-electron chi connectivity index (χ2n) is 16.7. The number of benzene rings is 10. The SMILES string of the molecule is c1ccc(-c2nc(-c3ccccc3)nc(-c3ccc(-n4c5cccc6c5c5c7c(cccc7ccc54)-c4cc5c7ccccc7n(-c7ccccc7)c5cc4-6)c4ccccc34)n2)cc1. The maximum Gasteiger partial charge on any atom is 0.164 e. The van der Waals surface area contributed by atoms with E-state index in [0.29, 0.717) is 17.5 Å². The van der Waals surface area contributed by atoms with Crippen LogP contribution in [0.25, 0.3) is 133 Å². The average Bonchev–Trinajstić information content (AvgIpc) is 3.84. The van der Waals surface area contributed by atoms with Crippen molar-refractivity contribution in [2.24, 2.45) is 0 Å². The molecule has 0 amide bonds. The summed E-state index contributed by atoms with van der Waals surface area (Å²) in [5.74, 6) is 1.93. The Bertz CT molecular complexity index is 4000. The molecule has 1 aliphatic carbocycles. The van der Waals surface area contributed by atoms with Gasteiger partial charge in [0.25, 0.3) is 0 Å². The van der Waals surface area contributed by atoms with Crippen LogP contribution in [0.2, 0.25) is 0 Å². The molecule has 5 heteroatoms. The standard InChI is InChI=1S/C59H35N5/c1-4-16-37(17-5-1)57-60-58(38-18-6-2-7-19-38)62-59(61-57)45-31-33-50(41-24-11-10-23-40(41)45)64-51-29-15-27-44-47-35-53-48(42-25-12-13-28-49(42)63(53)39-21-8-3-9-22-39)34-46(47)43-26-14-20-36-30-32-52(64)56(54(36)43)55(44)51/h1-35H. The highest BCUT2D eigenvalue weighted by Gasteiger charge is 2.27. The summed E-state index contributed by atoms with van der Waals surface area (Å²) in [5.41, 5.74) is 14.8. The van der Waals surface area contributed by atoms with Gasteiger partial charge in [-0.1, -0.05) is 158 Å². The maximum atomic E-state index is 5.16. The van der Waals surface area contributed by atoms with Crippen molar-refractivity contribution in [2.75, 3.05) is 0 Å². The summed E-state index contributed by atoms with van der Waals surface area (Å²) in [6.07, 6.45) is 0. The number of hydrogen-bond acceptors (Lipinski definition) is 3. The third-order valence-corrected chi connectivity index (χ3v) is 13.3. The lowest BCUT2D eigenvalue weighted by Gasteiger charge is -2.17. The molecule has 3 aromatic heterocycles. The normalized spacial score (nSPS) is 12.1. The molecule has 1 aliphatic rings. The van der Waals surface area contributed by atoms with Crippen molar-refractivity contribution in [1.29, 1.82) is 0 Å². The Balaban J connectivity index is 1.04. The molecule has 0 fully saturated rings. The Labute approximate surface area is 367 Å². The first-order valence-corrected chi connectivity index (χ1v) is 21.8. The minimum absolute atomic E-state index is 0.640. The van der Waals surface area contributed by atoms with E-state index >= 15 is 0 Å². The van der Waals surface area contributed by atoms with Crippen molar-refractivity contribution >= 4 is 65.2 Å². The Morgan fingerprint density at radius 1 is 0.281 bits per heavy atom. The van der Waals surface area contributed by atoms with Crippen LogP contribution >= 0.6 is 0 Å². The zero-order chi connectivity index (χ0) is 41.9. The molecule has 0 saturated carbocycles. The molecular weight excluding hydrogens is 779 g/mol. The first-order valence-electron chi connectivity index (χ1n) is 21.8. The molecule has 0 bridgehead atoms. The van der Waals surface area contributed by atoms with Gasteiger partial charge in [0, 0.05) is 49.3 Å². The minimum Gasteiger partial charge on any atom is -0.309 e. The van der Waals surface area contributed by atoms with E-state index in [2.05, 4.69) is 185 Å². The number of para-hydroxylation sites is 2. The van der Waals surface area contributed by atoms with Gasteiger partial charge in [0.15, 0.2) is 17.5 Å². The van der Waals surface area contributed by atoms with Gasteiger partial charge in [-0.3, -0.25) is 0 Å². The predicted octanol–water partition coefficient (Wildman–Crippen LogP) is 15.0. The Morgan fingerprint density at radius 3 is 1.61 bits per heavy atom. The highest BCUT2D eigenvalue weighted by atomic mass is 15.0. The summed E-state index contributed by atoms with van der Waals surface area (Å²) in [7, 11) is 0. The van der Waals surface area contributed by atoms with Crippen LogP contribution in [0.1, 0.15) is 0 Å². The Hall–Kier alpha value is -8.67. The molecule has 296 valence electrons. The quantitative estimate of drug-likeness (QED) is 0.174. The fourth-order valence-corrected chi connectivity index (χ4v) is 10.6. The number of rotatable bonds is 5. The van der Waals surface area contributed by atoms with Gasteiger partial charge < -0.3 is 9.13 Å². The molecule has 3 heterocycles. The second kappa shape index (κ2) is 13.4. The molecule has 0 spiro atoms. The van der Waals surface area contributed by atoms with E-state index in [4.69, 9.17) is 15.0 Å². The number of fused-ring (bicyclic) bond motifs is 7. The van der Waals surface area contributed by atoms with Crippen LogP contribution in [-0.4, -0.2) is 24.1 Å². The minimum atomic E-state index is 0.640. The van der Waals surface area contributed by atoms with Gasteiger partial charge in [0.2, 0.25) is 0 Å². The molecule has 0 unspecified atom stereocenters. The molecule has 0 saturated heterocycles. The zero-order valence-corrected chi connectivity index (χ0v) is 34.4. The molecular formula is C59H35N5. The summed E-state index contributed by atoms with van der Waals surface area (Å²) < 4.78 is 4.91. The van der Waals surface area contributed by atoms with E-state index in [1.807, 2.05) is 36.4 Å². The van der Waals surface area contributed by atoms with Crippen molar-refractivity contribution in [3.8, 4) is 67.8 Å². The molecule has 0 radical (unpaired) electrons. The zero-order valence-electron chi connectivity index (χ0n) is 34.4. The number of hydrogen-bond donors (Lipinski definition) is 0. The molecule has 0 N–H and O–H groups in total. The second-order valence-corrected chi connectivity index (χ2v) is 16.7. The smallest absolute Gasteiger partial charge is 0.164 e. The molecule has 13 aromatic rings. The summed E-state index contributed by atoms with van der Waals surface area (Å²) in [6.45, 7) is 0. The lowest BCUT2D eigenvalue weighted by molar-refractivity contribution is 1.08. The summed E-state index contributed by atoms with van der Waals surface area (Å²) in [5, 5.41) is 9.76. The van der Waals surface area contributed by atoms with Crippen LogP contribution in [0.3, 0.4) is 0 Å². The van der Waals surface area contributed by atoms with Crippen LogP contribution in [0.4, 0.5) is 0 Å². The van der Waals surface area contributed by atoms with E-state index < -0.39 is 0 Å². The Kier molecular flexibility index (Phi) is 7.33. The predicted molar refractivity (Wildman–Crippen MR) is 264 cm³/mol. The van der Waals surface area contributed by atoms with Crippen LogP contribution < -0.4 is 0 Å². The van der Waals surface area contributed by atoms with E-state index in [1.54, 1.807) is 0 Å². The fraction of sp³-hybridized carbons (Fsp3) is 0. The van der Waals surface area contributed by atoms with E-state index in [1.165, 1.54) is 76.6 Å². The summed E-state index contributed by atoms with van der Waals surface area (Å²) >= 11 is 0. The fourth-order valence-electron chi connectivity index (χ4n) is 10.6. The molecule has 14 rings (SSSR count). The highest BCUT2D eigenvalue weighted by Crippen LogP contribution is 2.52. The van der Waals surface area contributed by atoms with Crippen LogP contribution in [0.5, 0.6) is 0 Å². The number of nitrogens with zero attached hydrogens (tertiary/aromatic N) is 5. The van der Waals surface area contributed by atoms with Crippen LogP contribution in [0.15, 0.2) is 212 Å². The highest BCUT2D eigenvalue weighted by molar-refractivity contribution is 6.31. The van der Waals surface area contributed by atoms with Gasteiger partial charge in [-0.05, 0) is 93.0 Å². The summed E-state index contributed by atoms with van der Waals surface area (Å²) in [6, 6.07) is 76.3. The molecule has 0 atom stereocenters. The van der Waals surface area contributed by atoms with Crippen molar-refractivity contribution in [2.45, 2.75) is 0 Å². The van der Waals surface area contributed by atoms with Crippen LogP contribution in [-0.2, 0) is 0 Å². The third-order valence-electron chi connectivity index (χ3n) is 13.3.